The molecule has 37 heavy (non-hydrogen) atoms. The van der Waals surface area contributed by atoms with Crippen LogP contribution in [0.25, 0.3) is 0 Å². The smallest absolute Gasteiger partial charge is 0.308 e. The molecule has 2 bridgehead atoms. The van der Waals surface area contributed by atoms with Crippen LogP contribution < -0.4 is 10.1 Å². The highest BCUT2D eigenvalue weighted by molar-refractivity contribution is 7.98. The molecule has 2 N–H and O–H groups in total. The van der Waals surface area contributed by atoms with E-state index in [2.05, 4.69) is 96.2 Å². The van der Waals surface area contributed by atoms with Gasteiger partial charge in [-0.3, -0.25) is 9.69 Å². The van der Waals surface area contributed by atoms with Crippen molar-refractivity contribution in [2.24, 2.45) is 11.8 Å². The van der Waals surface area contributed by atoms with Crippen LogP contribution >= 0.6 is 11.8 Å². The Balaban J connectivity index is 1.57. The molecule has 3 aromatic rings. The predicted octanol–water partition coefficient (Wildman–Crippen LogP) is 5.50. The van der Waals surface area contributed by atoms with Crippen molar-refractivity contribution >= 4 is 17.7 Å². The van der Waals surface area contributed by atoms with Crippen molar-refractivity contribution in [1.82, 2.24) is 10.2 Å². The predicted molar refractivity (Wildman–Crippen MR) is 149 cm³/mol. The fraction of sp³-hybridized carbons (Fsp3) is 0.387. The van der Waals surface area contributed by atoms with Gasteiger partial charge in [0.05, 0.1) is 13.0 Å². The summed E-state index contributed by atoms with van der Waals surface area (Å²) in [4.78, 5) is 16.2. The number of piperidine rings is 3. The highest BCUT2D eigenvalue weighted by atomic mass is 32.2. The number of thioether (sulfide) groups is 1. The highest BCUT2D eigenvalue weighted by Crippen LogP contribution is 2.47. The van der Waals surface area contributed by atoms with Crippen molar-refractivity contribution < 1.29 is 14.6 Å². The SMILES string of the molecule is COc1ccc(SC)cc1CN[C@@H]1[C@@H]2CCN(C(C)[C@@H]2C(=O)O)[C@@H]1C(c1ccccc1)c1ccccc1. The lowest BCUT2D eigenvalue weighted by molar-refractivity contribution is -0.159. The molecule has 5 nitrogen and oxygen atoms in total. The first-order valence-electron chi connectivity index (χ1n) is 13.1. The average Bonchev–Trinajstić information content (AvgIpc) is 2.93. The molecule has 2 unspecified atom stereocenters. The van der Waals surface area contributed by atoms with Gasteiger partial charge in [0, 0.05) is 41.0 Å². The standard InChI is InChI=1S/C31H36N2O3S/c1-20-27(31(34)35)25-16-17-33(20)30(28(21-10-6-4-7-11-21)22-12-8-5-9-13-22)29(25)32-19-23-18-24(37-3)14-15-26(23)36-2/h4-15,18,20,25,27-30,32H,16-17,19H2,1-3H3,(H,34,35)/t20?,25-,27+,29-,30-/m1/s1. The molecule has 3 fully saturated rings. The molecular weight excluding hydrogens is 480 g/mol. The second-order valence-corrected chi connectivity index (χ2v) is 11.0. The van der Waals surface area contributed by atoms with Crippen LogP contribution in [0.3, 0.4) is 0 Å². The van der Waals surface area contributed by atoms with Crippen LogP contribution in [0.5, 0.6) is 5.75 Å². The van der Waals surface area contributed by atoms with E-state index in [0.29, 0.717) is 6.54 Å². The minimum atomic E-state index is -0.689. The molecule has 0 amide bonds. The molecule has 0 spiro atoms. The monoisotopic (exact) mass is 516 g/mol. The van der Waals surface area contributed by atoms with E-state index in [-0.39, 0.29) is 30.0 Å². The summed E-state index contributed by atoms with van der Waals surface area (Å²) in [5.74, 6) is -0.0556. The van der Waals surface area contributed by atoms with Crippen LogP contribution in [-0.4, -0.2) is 54.0 Å². The van der Waals surface area contributed by atoms with Gasteiger partial charge in [0.1, 0.15) is 5.75 Å². The zero-order chi connectivity index (χ0) is 25.9. The van der Waals surface area contributed by atoms with E-state index in [1.54, 1.807) is 18.9 Å². The quantitative estimate of drug-likeness (QED) is 0.366. The number of benzene rings is 3. The van der Waals surface area contributed by atoms with Crippen LogP contribution in [0.4, 0.5) is 0 Å². The van der Waals surface area contributed by atoms with Crippen molar-refractivity contribution in [2.45, 2.75) is 48.8 Å². The Kier molecular flexibility index (Phi) is 7.89. The largest absolute Gasteiger partial charge is 0.496 e. The summed E-state index contributed by atoms with van der Waals surface area (Å²) >= 11 is 1.71. The third-order valence-electron chi connectivity index (χ3n) is 8.40. The summed E-state index contributed by atoms with van der Waals surface area (Å²) in [6.07, 6.45) is 2.96. The number of hydrogen-bond donors (Lipinski definition) is 2. The Labute approximate surface area is 224 Å². The highest BCUT2D eigenvalue weighted by Gasteiger charge is 2.55. The summed E-state index contributed by atoms with van der Waals surface area (Å²) in [5, 5.41) is 14.1. The number of rotatable bonds is 9. The lowest BCUT2D eigenvalue weighted by Crippen LogP contribution is -2.71. The molecule has 0 radical (unpaired) electrons. The molecular formula is C31H36N2O3S. The molecule has 3 heterocycles. The minimum Gasteiger partial charge on any atom is -0.496 e. The first-order valence-corrected chi connectivity index (χ1v) is 14.3. The second kappa shape index (κ2) is 11.3. The number of aliphatic carboxylic acids is 1. The van der Waals surface area contributed by atoms with Crippen molar-refractivity contribution in [3.05, 3.63) is 95.6 Å². The van der Waals surface area contributed by atoms with Crippen LogP contribution in [0.1, 0.15) is 36.0 Å². The summed E-state index contributed by atoms with van der Waals surface area (Å²) < 4.78 is 5.68. The van der Waals surface area contributed by atoms with Crippen LogP contribution in [0.2, 0.25) is 0 Å². The number of hydrogen-bond acceptors (Lipinski definition) is 5. The maximum atomic E-state index is 12.5. The van der Waals surface area contributed by atoms with Gasteiger partial charge in [-0.15, -0.1) is 11.8 Å². The number of ether oxygens (including phenoxy) is 1. The maximum Gasteiger partial charge on any atom is 0.308 e. The van der Waals surface area contributed by atoms with Gasteiger partial charge in [-0.2, -0.15) is 0 Å². The Morgan fingerprint density at radius 3 is 2.30 bits per heavy atom. The Bertz CT molecular complexity index is 1170. The third-order valence-corrected chi connectivity index (χ3v) is 9.12. The Hall–Kier alpha value is -2.80. The van der Waals surface area contributed by atoms with Crippen molar-refractivity contribution in [3.63, 3.8) is 0 Å². The Morgan fingerprint density at radius 1 is 1.08 bits per heavy atom. The zero-order valence-corrected chi connectivity index (χ0v) is 22.5. The summed E-state index contributed by atoms with van der Waals surface area (Å²) in [5.41, 5.74) is 3.62. The summed E-state index contributed by atoms with van der Waals surface area (Å²) in [6, 6.07) is 27.8. The maximum absolute atomic E-state index is 12.5. The lowest BCUT2D eigenvalue weighted by atomic mass is 9.64. The molecule has 6 atom stereocenters. The first-order chi connectivity index (χ1) is 18.0. The number of carbonyl (C=O) groups is 1. The average molecular weight is 517 g/mol. The molecule has 6 heteroatoms. The zero-order valence-electron chi connectivity index (χ0n) is 21.7. The van der Waals surface area contributed by atoms with Crippen LogP contribution in [0.15, 0.2) is 83.8 Å². The van der Waals surface area contributed by atoms with Crippen molar-refractivity contribution in [3.8, 4) is 5.75 Å². The number of carboxylic acids is 1. The molecule has 0 saturated carbocycles. The molecule has 6 rings (SSSR count). The fourth-order valence-corrected chi connectivity index (χ4v) is 7.21. The van der Waals surface area contributed by atoms with Gasteiger partial charge in [-0.1, -0.05) is 60.7 Å². The third kappa shape index (κ3) is 5.02. The minimum absolute atomic E-state index is 0.0131. The molecule has 0 aromatic heterocycles. The number of carboxylic acid groups (broad SMARTS) is 1. The fourth-order valence-electron chi connectivity index (χ4n) is 6.74. The van der Waals surface area contributed by atoms with E-state index in [4.69, 9.17) is 4.74 Å². The summed E-state index contributed by atoms with van der Waals surface area (Å²) in [6.45, 7) is 3.65. The van der Waals surface area contributed by atoms with E-state index >= 15 is 0 Å². The van der Waals surface area contributed by atoms with Gasteiger partial charge < -0.3 is 15.2 Å². The van der Waals surface area contributed by atoms with Gasteiger partial charge in [0.25, 0.3) is 0 Å². The number of nitrogens with zero attached hydrogens (tertiary/aromatic N) is 1. The molecule has 3 aliphatic heterocycles. The van der Waals surface area contributed by atoms with Gasteiger partial charge in [-0.05, 0) is 61.4 Å². The van der Waals surface area contributed by atoms with E-state index in [9.17, 15) is 9.90 Å². The number of nitrogens with one attached hydrogen (secondary N) is 1. The van der Waals surface area contributed by atoms with Crippen molar-refractivity contribution in [2.75, 3.05) is 19.9 Å². The van der Waals surface area contributed by atoms with Crippen LogP contribution in [0, 0.1) is 11.8 Å². The second-order valence-electron chi connectivity index (χ2n) is 10.2. The van der Waals surface area contributed by atoms with Crippen molar-refractivity contribution in [1.29, 1.82) is 0 Å². The normalized spacial score (nSPS) is 26.8. The summed E-state index contributed by atoms with van der Waals surface area (Å²) in [7, 11) is 1.71. The molecule has 0 aliphatic carbocycles. The van der Waals surface area contributed by atoms with E-state index < -0.39 is 11.9 Å². The van der Waals surface area contributed by atoms with Gasteiger partial charge in [0.15, 0.2) is 0 Å². The lowest BCUT2D eigenvalue weighted by Gasteiger charge is -2.59. The van der Waals surface area contributed by atoms with E-state index in [1.807, 2.05) is 6.07 Å². The van der Waals surface area contributed by atoms with Gasteiger partial charge >= 0.3 is 5.97 Å². The van der Waals surface area contributed by atoms with Gasteiger partial charge in [0.2, 0.25) is 0 Å². The number of methoxy groups -OCH3 is 1. The first kappa shape index (κ1) is 25.8. The van der Waals surface area contributed by atoms with E-state index in [0.717, 1.165) is 24.3 Å². The molecule has 3 saturated heterocycles. The van der Waals surface area contributed by atoms with Gasteiger partial charge in [-0.25, -0.2) is 0 Å². The molecule has 3 aliphatic rings. The Morgan fingerprint density at radius 2 is 1.73 bits per heavy atom. The number of fused-ring (bicyclic) bond motifs is 3. The molecule has 3 aromatic carbocycles. The molecule has 194 valence electrons. The topological polar surface area (TPSA) is 61.8 Å². The van der Waals surface area contributed by atoms with E-state index in [1.165, 1.54) is 16.0 Å². The van der Waals surface area contributed by atoms with Crippen LogP contribution in [-0.2, 0) is 11.3 Å².